The van der Waals surface area contributed by atoms with Crippen molar-refractivity contribution >= 4 is 19.2 Å². The zero-order chi connectivity index (χ0) is 20.5. The van der Waals surface area contributed by atoms with Gasteiger partial charge in [0.25, 0.3) is 0 Å². The van der Waals surface area contributed by atoms with E-state index in [1.807, 2.05) is 38.1 Å². The molecule has 4 heteroatoms. The summed E-state index contributed by atoms with van der Waals surface area (Å²) in [5.41, 5.74) is 5.58. The summed E-state index contributed by atoms with van der Waals surface area (Å²) in [6.45, 7) is 4.30. The van der Waals surface area contributed by atoms with Gasteiger partial charge in [-0.05, 0) is 40.8 Å². The Morgan fingerprint density at radius 1 is 0.793 bits per heavy atom. The molecule has 29 heavy (non-hydrogen) atoms. The fraction of sp³-hybridized carbons (Fsp3) is 0.200. The smallest absolute Gasteiger partial charge is 0.309 e. The molecule has 150 valence electrons. The first-order valence-corrected chi connectivity index (χ1v) is 11.7. The number of hydrogen-bond acceptors (Lipinski definition) is 3. The van der Waals surface area contributed by atoms with E-state index in [1.165, 1.54) is 16.7 Å². The van der Waals surface area contributed by atoms with Crippen LogP contribution in [0.15, 0.2) is 84.9 Å². The molecule has 0 aromatic heterocycles. The third-order valence-corrected chi connectivity index (χ3v) is 6.55. The van der Waals surface area contributed by atoms with E-state index in [0.29, 0.717) is 12.8 Å². The second-order valence-corrected chi connectivity index (χ2v) is 9.02. The lowest BCUT2D eigenvalue weighted by Gasteiger charge is -2.16. The van der Waals surface area contributed by atoms with Crippen molar-refractivity contribution in [1.29, 1.82) is 0 Å². The molecular formula is C25H27O3P. The van der Waals surface area contributed by atoms with Crippen LogP contribution < -0.4 is 0 Å². The third-order valence-electron chi connectivity index (χ3n) is 4.60. The summed E-state index contributed by atoms with van der Waals surface area (Å²) < 4.78 is 23.3. The van der Waals surface area contributed by atoms with Crippen molar-refractivity contribution in [2.75, 3.05) is 12.8 Å². The van der Waals surface area contributed by atoms with Gasteiger partial charge in [0.2, 0.25) is 0 Å². The highest BCUT2D eigenvalue weighted by atomic mass is 31.2. The molecule has 1 unspecified atom stereocenters. The quantitative estimate of drug-likeness (QED) is 0.282. The molecule has 3 aromatic carbocycles. The zero-order valence-corrected chi connectivity index (χ0v) is 17.8. The summed E-state index contributed by atoms with van der Waals surface area (Å²) in [4.78, 5) is 0. The summed E-state index contributed by atoms with van der Waals surface area (Å²) in [7, 11) is -2.99. The van der Waals surface area contributed by atoms with E-state index >= 15 is 0 Å². The molecule has 0 radical (unpaired) electrons. The van der Waals surface area contributed by atoms with E-state index < -0.39 is 7.60 Å². The van der Waals surface area contributed by atoms with Gasteiger partial charge in [0, 0.05) is 6.16 Å². The van der Waals surface area contributed by atoms with Crippen molar-refractivity contribution < 1.29 is 13.6 Å². The molecule has 0 aliphatic heterocycles. The van der Waals surface area contributed by atoms with Gasteiger partial charge in [-0.3, -0.25) is 4.57 Å². The normalized spacial score (nSPS) is 12.9. The van der Waals surface area contributed by atoms with Gasteiger partial charge in [-0.25, -0.2) is 0 Å². The van der Waals surface area contributed by atoms with Crippen molar-refractivity contribution in [2.24, 2.45) is 0 Å². The summed E-state index contributed by atoms with van der Waals surface area (Å²) in [6, 6.07) is 28.9. The molecule has 0 aliphatic rings. The van der Waals surface area contributed by atoms with E-state index in [0.717, 1.165) is 11.1 Å². The van der Waals surface area contributed by atoms with E-state index in [2.05, 4.69) is 66.7 Å². The van der Waals surface area contributed by atoms with Crippen molar-refractivity contribution in [1.82, 2.24) is 0 Å². The first-order valence-electron chi connectivity index (χ1n) is 9.93. The highest BCUT2D eigenvalue weighted by Crippen LogP contribution is 2.48. The summed E-state index contributed by atoms with van der Waals surface area (Å²) >= 11 is 0. The molecule has 3 nitrogen and oxygen atoms in total. The minimum atomic E-state index is -2.99. The van der Waals surface area contributed by atoms with Gasteiger partial charge < -0.3 is 9.05 Å². The average Bonchev–Trinajstić information content (AvgIpc) is 2.78. The predicted molar refractivity (Wildman–Crippen MR) is 121 cm³/mol. The van der Waals surface area contributed by atoms with Gasteiger partial charge >= 0.3 is 7.60 Å². The van der Waals surface area contributed by atoms with E-state index in [9.17, 15) is 4.57 Å². The Labute approximate surface area is 173 Å². The van der Waals surface area contributed by atoms with E-state index in [-0.39, 0.29) is 6.61 Å². The predicted octanol–water partition coefficient (Wildman–Crippen LogP) is 7.04. The summed E-state index contributed by atoms with van der Waals surface area (Å²) in [5, 5.41) is 0. The third kappa shape index (κ3) is 6.01. The molecule has 3 rings (SSSR count). The van der Waals surface area contributed by atoms with Crippen LogP contribution in [-0.2, 0) is 20.2 Å². The zero-order valence-electron chi connectivity index (χ0n) is 17.0. The molecule has 0 spiro atoms. The van der Waals surface area contributed by atoms with Crippen LogP contribution in [0, 0.1) is 0 Å². The van der Waals surface area contributed by atoms with Gasteiger partial charge in [0.15, 0.2) is 0 Å². The second kappa shape index (κ2) is 10.4. The van der Waals surface area contributed by atoms with Gasteiger partial charge in [0.05, 0.1) is 13.2 Å². The van der Waals surface area contributed by atoms with Gasteiger partial charge in [-0.15, -0.1) is 0 Å². The molecule has 0 amide bonds. The van der Waals surface area contributed by atoms with Crippen molar-refractivity contribution in [3.05, 3.63) is 107 Å². The average molecular weight is 406 g/mol. The molecule has 0 N–H and O–H groups in total. The minimum Gasteiger partial charge on any atom is -0.309 e. The Morgan fingerprint density at radius 3 is 1.83 bits per heavy atom. The maximum absolute atomic E-state index is 12.4. The fourth-order valence-electron chi connectivity index (χ4n) is 3.03. The Kier molecular flexibility index (Phi) is 7.60. The molecule has 1 atom stereocenters. The molecular weight excluding hydrogens is 379 g/mol. The molecule has 3 aromatic rings. The van der Waals surface area contributed by atoms with Crippen LogP contribution >= 0.6 is 7.60 Å². The lowest BCUT2D eigenvalue weighted by atomic mass is 9.95. The molecule has 0 saturated heterocycles. The van der Waals surface area contributed by atoms with Crippen LogP contribution in [0.4, 0.5) is 0 Å². The van der Waals surface area contributed by atoms with Crippen LogP contribution in [-0.4, -0.2) is 12.8 Å². The van der Waals surface area contributed by atoms with Crippen molar-refractivity contribution in [3.63, 3.8) is 0 Å². The topological polar surface area (TPSA) is 35.5 Å². The maximum atomic E-state index is 12.4. The molecule has 0 heterocycles. The molecule has 0 fully saturated rings. The van der Waals surface area contributed by atoms with Gasteiger partial charge in [-0.1, -0.05) is 91.9 Å². The maximum Gasteiger partial charge on any atom is 0.330 e. The number of hydrogen-bond donors (Lipinski definition) is 0. The van der Waals surface area contributed by atoms with Crippen molar-refractivity contribution in [2.45, 2.75) is 20.5 Å². The van der Waals surface area contributed by atoms with Crippen LogP contribution in [0.5, 0.6) is 0 Å². The molecule has 0 saturated carbocycles. The van der Waals surface area contributed by atoms with Crippen molar-refractivity contribution in [3.8, 4) is 0 Å². The number of rotatable bonds is 9. The van der Waals surface area contributed by atoms with Gasteiger partial charge in [-0.2, -0.15) is 0 Å². The van der Waals surface area contributed by atoms with E-state index in [4.69, 9.17) is 9.05 Å². The van der Waals surface area contributed by atoms with Crippen LogP contribution in [0.1, 0.15) is 36.1 Å². The molecule has 0 aliphatic carbocycles. The Hall–Kier alpha value is -2.45. The Balaban J connectivity index is 1.82. The Morgan fingerprint density at radius 2 is 1.34 bits per heavy atom. The minimum absolute atomic E-state index is 0.277. The largest absolute Gasteiger partial charge is 0.330 e. The highest BCUT2D eigenvalue weighted by Gasteiger charge is 2.20. The van der Waals surface area contributed by atoms with Crippen LogP contribution in [0.25, 0.3) is 11.6 Å². The first kappa shape index (κ1) is 21.3. The molecule has 0 bridgehead atoms. The lowest BCUT2D eigenvalue weighted by molar-refractivity contribution is 0.206. The lowest BCUT2D eigenvalue weighted by Crippen LogP contribution is -1.98. The SMILES string of the molecule is CCOP(=O)(CC)OCc1ccc(C=C(c2ccccc2)c2ccccc2)cc1. The summed E-state index contributed by atoms with van der Waals surface area (Å²) in [5.74, 6) is 0. The first-order chi connectivity index (χ1) is 14.1. The second-order valence-electron chi connectivity index (χ2n) is 6.65. The Bertz CT molecular complexity index is 922. The fourth-order valence-corrected chi connectivity index (χ4v) is 4.21. The monoisotopic (exact) mass is 406 g/mol. The van der Waals surface area contributed by atoms with Gasteiger partial charge in [0.1, 0.15) is 0 Å². The van der Waals surface area contributed by atoms with Crippen LogP contribution in [0.2, 0.25) is 0 Å². The van der Waals surface area contributed by atoms with Crippen LogP contribution in [0.3, 0.4) is 0 Å². The standard InChI is InChI=1S/C25H27O3P/c1-3-27-29(26,4-2)28-20-22-17-15-21(16-18-22)19-25(23-11-7-5-8-12-23)24-13-9-6-10-14-24/h5-19H,3-4,20H2,1-2H3. The number of benzene rings is 3. The summed E-state index contributed by atoms with van der Waals surface area (Å²) in [6.07, 6.45) is 2.56. The highest BCUT2D eigenvalue weighted by molar-refractivity contribution is 7.53. The van der Waals surface area contributed by atoms with E-state index in [1.54, 1.807) is 0 Å².